The molecule has 0 aromatic carbocycles. The van der Waals surface area contributed by atoms with Crippen LogP contribution in [0.3, 0.4) is 0 Å². The van der Waals surface area contributed by atoms with Gasteiger partial charge in [0.2, 0.25) is 0 Å². The molecule has 4 heteroatoms. The number of hydrogen-bond acceptors (Lipinski definition) is 3. The predicted molar refractivity (Wildman–Crippen MR) is 66.8 cm³/mol. The topological polar surface area (TPSA) is 54.4 Å². The van der Waals surface area contributed by atoms with E-state index in [-0.39, 0.29) is 5.91 Å². The molecule has 0 spiro atoms. The number of carbonyl (C=O) groups is 1. The number of carbonyl (C=O) groups excluding carboxylic acids is 1. The fraction of sp³-hybridized carbons (Fsp3) is 0.462. The van der Waals surface area contributed by atoms with Gasteiger partial charge in [0, 0.05) is 24.2 Å². The van der Waals surface area contributed by atoms with Gasteiger partial charge in [0.25, 0.3) is 5.91 Å². The van der Waals surface area contributed by atoms with Gasteiger partial charge >= 0.3 is 0 Å². The summed E-state index contributed by atoms with van der Waals surface area (Å²) in [6, 6.07) is 3.34. The number of nitrogens with one attached hydrogen (secondary N) is 1. The molecule has 0 atom stereocenters. The maximum absolute atomic E-state index is 11.6. The van der Waals surface area contributed by atoms with Gasteiger partial charge in [-0.25, -0.2) is 5.43 Å². The van der Waals surface area contributed by atoms with Crippen molar-refractivity contribution in [3.05, 3.63) is 30.1 Å². The number of hydrogen-bond donors (Lipinski definition) is 1. The van der Waals surface area contributed by atoms with Crippen molar-refractivity contribution < 1.29 is 4.79 Å². The highest BCUT2D eigenvalue weighted by Crippen LogP contribution is 2.21. The smallest absolute Gasteiger partial charge is 0.267 e. The second kappa shape index (κ2) is 6.13. The summed E-state index contributed by atoms with van der Waals surface area (Å²) >= 11 is 0. The molecular formula is C13H17N3O. The van der Waals surface area contributed by atoms with E-state index in [4.69, 9.17) is 0 Å². The Morgan fingerprint density at radius 1 is 1.29 bits per heavy atom. The van der Waals surface area contributed by atoms with Gasteiger partial charge in [-0.2, -0.15) is 5.10 Å². The van der Waals surface area contributed by atoms with Gasteiger partial charge in [-0.1, -0.05) is 19.3 Å². The summed E-state index contributed by atoms with van der Waals surface area (Å²) in [6.07, 6.45) is 11.3. The maximum atomic E-state index is 11.6. The third-order valence-electron chi connectivity index (χ3n) is 3.04. The van der Waals surface area contributed by atoms with Gasteiger partial charge in [-0.05, 0) is 30.9 Å². The normalized spacial score (nSPS) is 17.2. The number of hydrazone groups is 1. The Labute approximate surface area is 101 Å². The summed E-state index contributed by atoms with van der Waals surface area (Å²) in [5.74, 6) is 0.348. The quantitative estimate of drug-likeness (QED) is 0.641. The van der Waals surface area contributed by atoms with E-state index in [2.05, 4.69) is 15.5 Å². The standard InChI is InChI=1S/C13H17N3O/c17-13(12-6-8-14-9-7-12)16-15-10-11-4-2-1-3-5-11/h6-11H,1-5H2,(H,16,17)/b15-10+. The van der Waals surface area contributed by atoms with Gasteiger partial charge in [0.1, 0.15) is 0 Å². The first kappa shape index (κ1) is 11.8. The monoisotopic (exact) mass is 231 g/mol. The van der Waals surface area contributed by atoms with Crippen LogP contribution in [-0.4, -0.2) is 17.1 Å². The Morgan fingerprint density at radius 3 is 2.71 bits per heavy atom. The fourth-order valence-corrected chi connectivity index (χ4v) is 2.05. The van der Waals surface area contributed by atoms with Crippen LogP contribution in [-0.2, 0) is 0 Å². The summed E-state index contributed by atoms with van der Waals surface area (Å²) in [5.41, 5.74) is 3.13. The van der Waals surface area contributed by atoms with E-state index < -0.39 is 0 Å². The van der Waals surface area contributed by atoms with Crippen LogP contribution < -0.4 is 5.43 Å². The molecule has 1 aromatic rings. The average Bonchev–Trinajstić information content (AvgIpc) is 2.41. The van der Waals surface area contributed by atoms with Crippen LogP contribution in [0.15, 0.2) is 29.6 Å². The summed E-state index contributed by atoms with van der Waals surface area (Å²) in [6.45, 7) is 0. The van der Waals surface area contributed by atoms with E-state index in [1.807, 2.05) is 6.21 Å². The average molecular weight is 231 g/mol. The van der Waals surface area contributed by atoms with Gasteiger partial charge in [0.05, 0.1) is 0 Å². The van der Waals surface area contributed by atoms with E-state index in [1.54, 1.807) is 24.5 Å². The molecule has 1 saturated carbocycles. The molecule has 1 aliphatic carbocycles. The third-order valence-corrected chi connectivity index (χ3v) is 3.04. The molecule has 0 unspecified atom stereocenters. The SMILES string of the molecule is O=C(N/N=C/C1CCCCC1)c1ccncc1. The summed E-state index contributed by atoms with van der Waals surface area (Å²) < 4.78 is 0. The van der Waals surface area contributed by atoms with Crippen LogP contribution in [0.2, 0.25) is 0 Å². The Hall–Kier alpha value is -1.71. The van der Waals surface area contributed by atoms with E-state index in [1.165, 1.54) is 32.1 Å². The molecule has 17 heavy (non-hydrogen) atoms. The number of rotatable bonds is 3. The Bertz CT molecular complexity index is 383. The van der Waals surface area contributed by atoms with Crippen LogP contribution in [0, 0.1) is 5.92 Å². The van der Waals surface area contributed by atoms with E-state index in [0.29, 0.717) is 11.5 Å². The molecule has 1 fully saturated rings. The minimum Gasteiger partial charge on any atom is -0.267 e. The van der Waals surface area contributed by atoms with Gasteiger partial charge < -0.3 is 0 Å². The van der Waals surface area contributed by atoms with Crippen LogP contribution in [0.25, 0.3) is 0 Å². The van der Waals surface area contributed by atoms with E-state index in [9.17, 15) is 4.79 Å². The number of aromatic nitrogens is 1. The van der Waals surface area contributed by atoms with Crippen molar-refractivity contribution in [3.63, 3.8) is 0 Å². The highest BCUT2D eigenvalue weighted by molar-refractivity contribution is 5.94. The third kappa shape index (κ3) is 3.66. The van der Waals surface area contributed by atoms with E-state index in [0.717, 1.165) is 0 Å². The summed E-state index contributed by atoms with van der Waals surface area (Å²) in [4.78, 5) is 15.5. The van der Waals surface area contributed by atoms with Crippen LogP contribution in [0.4, 0.5) is 0 Å². The van der Waals surface area contributed by atoms with Gasteiger partial charge in [0.15, 0.2) is 0 Å². The van der Waals surface area contributed by atoms with Crippen molar-refractivity contribution in [2.24, 2.45) is 11.0 Å². The lowest BCUT2D eigenvalue weighted by atomic mass is 9.90. The molecule has 4 nitrogen and oxygen atoms in total. The Morgan fingerprint density at radius 2 is 2.00 bits per heavy atom. The van der Waals surface area contributed by atoms with Crippen LogP contribution >= 0.6 is 0 Å². The number of pyridine rings is 1. The first-order valence-corrected chi connectivity index (χ1v) is 6.10. The predicted octanol–water partition coefficient (Wildman–Crippen LogP) is 2.38. The second-order valence-electron chi connectivity index (χ2n) is 4.35. The number of amides is 1. The van der Waals surface area contributed by atoms with E-state index >= 15 is 0 Å². The molecule has 1 N–H and O–H groups in total. The minimum atomic E-state index is -0.181. The molecule has 90 valence electrons. The first-order valence-electron chi connectivity index (χ1n) is 6.10. The zero-order valence-corrected chi connectivity index (χ0v) is 9.80. The molecule has 0 bridgehead atoms. The molecular weight excluding hydrogens is 214 g/mol. The molecule has 1 aromatic heterocycles. The van der Waals surface area contributed by atoms with Crippen molar-refractivity contribution in [3.8, 4) is 0 Å². The summed E-state index contributed by atoms with van der Waals surface area (Å²) in [5, 5.41) is 4.03. The minimum absolute atomic E-state index is 0.181. The molecule has 1 heterocycles. The van der Waals surface area contributed by atoms with Gasteiger partial charge in [-0.15, -0.1) is 0 Å². The second-order valence-corrected chi connectivity index (χ2v) is 4.35. The van der Waals surface area contributed by atoms with Crippen molar-refractivity contribution in [2.45, 2.75) is 32.1 Å². The lowest BCUT2D eigenvalue weighted by Gasteiger charge is -2.16. The Balaban J connectivity index is 1.81. The highest BCUT2D eigenvalue weighted by atomic mass is 16.2. The van der Waals surface area contributed by atoms with Crippen molar-refractivity contribution in [2.75, 3.05) is 0 Å². The lowest BCUT2D eigenvalue weighted by Crippen LogP contribution is -2.19. The van der Waals surface area contributed by atoms with Crippen molar-refractivity contribution >= 4 is 12.1 Å². The molecule has 0 aliphatic heterocycles. The molecule has 1 amide bonds. The van der Waals surface area contributed by atoms with Gasteiger partial charge in [-0.3, -0.25) is 9.78 Å². The Kier molecular flexibility index (Phi) is 4.24. The molecule has 0 saturated heterocycles. The van der Waals surface area contributed by atoms with Crippen molar-refractivity contribution in [1.82, 2.24) is 10.4 Å². The van der Waals surface area contributed by atoms with Crippen molar-refractivity contribution in [1.29, 1.82) is 0 Å². The first-order chi connectivity index (χ1) is 8.36. The molecule has 1 aliphatic rings. The van der Waals surface area contributed by atoms with Crippen LogP contribution in [0.1, 0.15) is 42.5 Å². The summed E-state index contributed by atoms with van der Waals surface area (Å²) in [7, 11) is 0. The largest absolute Gasteiger partial charge is 0.271 e. The fourth-order valence-electron chi connectivity index (χ4n) is 2.05. The lowest BCUT2D eigenvalue weighted by molar-refractivity contribution is 0.0954. The van der Waals surface area contributed by atoms with Crippen LogP contribution in [0.5, 0.6) is 0 Å². The number of nitrogens with zero attached hydrogens (tertiary/aromatic N) is 2. The highest BCUT2D eigenvalue weighted by Gasteiger charge is 2.10. The maximum Gasteiger partial charge on any atom is 0.271 e. The molecule has 0 radical (unpaired) electrons. The zero-order chi connectivity index (χ0) is 11.9. The zero-order valence-electron chi connectivity index (χ0n) is 9.80. The molecule has 2 rings (SSSR count).